The molecule has 194 valence electrons. The molecule has 1 fully saturated rings. The Bertz CT molecular complexity index is 1420. The molecular formula is C28H31N3O5S. The monoisotopic (exact) mass is 521 g/mol. The normalized spacial score (nSPS) is 19.1. The molecule has 0 N–H and O–H groups in total. The molecule has 0 radical (unpaired) electrons. The molecule has 5 rings (SSSR count). The zero-order valence-electron chi connectivity index (χ0n) is 21.3. The van der Waals surface area contributed by atoms with Crippen molar-refractivity contribution in [1.82, 2.24) is 9.46 Å². The number of para-hydroxylation sites is 2. The molecule has 8 nitrogen and oxygen atoms in total. The summed E-state index contributed by atoms with van der Waals surface area (Å²) >= 11 is 0. The highest BCUT2D eigenvalue weighted by atomic mass is 32.2. The third kappa shape index (κ3) is 5.06. The second-order valence-corrected chi connectivity index (χ2v) is 11.6. The van der Waals surface area contributed by atoms with Gasteiger partial charge in [-0.25, -0.2) is 8.42 Å². The van der Waals surface area contributed by atoms with Crippen LogP contribution in [0.1, 0.15) is 42.3 Å². The fourth-order valence-electron chi connectivity index (χ4n) is 4.94. The molecular weight excluding hydrogens is 490 g/mol. The van der Waals surface area contributed by atoms with Crippen molar-refractivity contribution in [2.24, 2.45) is 5.92 Å². The summed E-state index contributed by atoms with van der Waals surface area (Å²) in [6, 6.07) is 15.4. The summed E-state index contributed by atoms with van der Waals surface area (Å²) in [5.74, 6) is 0.663. The van der Waals surface area contributed by atoms with Gasteiger partial charge in [0.2, 0.25) is 15.9 Å². The maximum Gasteiger partial charge on any atom is 0.248 e. The number of piperidine rings is 1. The number of nitrogens with zero attached hydrogens (tertiary/aromatic N) is 3. The molecule has 37 heavy (non-hydrogen) atoms. The molecule has 1 saturated heterocycles. The zero-order chi connectivity index (χ0) is 26.2. The summed E-state index contributed by atoms with van der Waals surface area (Å²) in [5, 5.41) is 3.93. The topological polar surface area (TPSA) is 93.0 Å². The van der Waals surface area contributed by atoms with Gasteiger partial charge in [0.15, 0.2) is 10.7 Å². The third-order valence-electron chi connectivity index (χ3n) is 6.93. The Balaban J connectivity index is 1.30. The number of anilines is 1. The van der Waals surface area contributed by atoms with Crippen molar-refractivity contribution in [1.29, 1.82) is 0 Å². The number of fused-ring (bicyclic) bond motifs is 1. The SMILES string of the molecule is Cc1ccc(/C=C/c2onc(C)c2S(=O)(=O)N2CCC(C(=O)N3C[C@H](C)Oc4ccccc43)CC2)cc1. The summed E-state index contributed by atoms with van der Waals surface area (Å²) < 4.78 is 39.9. The van der Waals surface area contributed by atoms with E-state index in [1.807, 2.05) is 68.5 Å². The van der Waals surface area contributed by atoms with Gasteiger partial charge in [-0.2, -0.15) is 4.31 Å². The number of aromatic nitrogens is 1. The molecule has 2 aliphatic rings. The number of rotatable bonds is 5. The maximum absolute atomic E-state index is 13.6. The zero-order valence-corrected chi connectivity index (χ0v) is 22.1. The van der Waals surface area contributed by atoms with E-state index in [1.54, 1.807) is 17.9 Å². The highest BCUT2D eigenvalue weighted by Gasteiger charge is 2.38. The smallest absolute Gasteiger partial charge is 0.248 e. The van der Waals surface area contributed by atoms with Gasteiger partial charge in [-0.1, -0.05) is 53.2 Å². The second kappa shape index (κ2) is 10.1. The van der Waals surface area contributed by atoms with Crippen LogP contribution in [0, 0.1) is 19.8 Å². The van der Waals surface area contributed by atoms with Crippen molar-refractivity contribution < 1.29 is 22.5 Å². The predicted octanol–water partition coefficient (Wildman–Crippen LogP) is 4.68. The van der Waals surface area contributed by atoms with Gasteiger partial charge in [0.05, 0.1) is 12.2 Å². The summed E-state index contributed by atoms with van der Waals surface area (Å²) in [6.07, 6.45) is 4.24. The average molecular weight is 522 g/mol. The number of ether oxygens (including phenoxy) is 1. The van der Waals surface area contributed by atoms with E-state index >= 15 is 0 Å². The number of carbonyl (C=O) groups excluding carboxylic acids is 1. The lowest BCUT2D eigenvalue weighted by atomic mass is 9.95. The number of sulfonamides is 1. The number of hydrogen-bond acceptors (Lipinski definition) is 6. The first-order valence-electron chi connectivity index (χ1n) is 12.5. The van der Waals surface area contributed by atoms with Crippen LogP contribution in [0.4, 0.5) is 5.69 Å². The van der Waals surface area contributed by atoms with Gasteiger partial charge >= 0.3 is 0 Å². The molecule has 0 bridgehead atoms. The summed E-state index contributed by atoms with van der Waals surface area (Å²) in [7, 11) is -3.84. The highest BCUT2D eigenvalue weighted by molar-refractivity contribution is 7.89. The molecule has 3 heterocycles. The minimum absolute atomic E-state index is 0.0162. The van der Waals surface area contributed by atoms with Crippen LogP contribution in [0.2, 0.25) is 0 Å². The van der Waals surface area contributed by atoms with E-state index < -0.39 is 10.0 Å². The minimum Gasteiger partial charge on any atom is -0.487 e. The van der Waals surface area contributed by atoms with Crippen LogP contribution in [0.5, 0.6) is 5.75 Å². The van der Waals surface area contributed by atoms with Gasteiger partial charge in [-0.05, 0) is 57.4 Å². The summed E-state index contributed by atoms with van der Waals surface area (Å²) in [6.45, 7) is 6.57. The lowest BCUT2D eigenvalue weighted by molar-refractivity contribution is -0.124. The number of carbonyl (C=O) groups is 1. The van der Waals surface area contributed by atoms with E-state index in [4.69, 9.17) is 9.26 Å². The minimum atomic E-state index is -3.84. The molecule has 2 aliphatic heterocycles. The van der Waals surface area contributed by atoms with Crippen molar-refractivity contribution in [3.05, 3.63) is 71.1 Å². The number of aryl methyl sites for hydroxylation is 2. The van der Waals surface area contributed by atoms with Gasteiger partial charge in [0.25, 0.3) is 0 Å². The van der Waals surface area contributed by atoms with Gasteiger partial charge in [-0.15, -0.1) is 0 Å². The Hall–Kier alpha value is -3.43. The fourth-order valence-corrected chi connectivity index (χ4v) is 6.66. The summed E-state index contributed by atoms with van der Waals surface area (Å²) in [5.41, 5.74) is 3.16. The van der Waals surface area contributed by atoms with Gasteiger partial charge in [0.1, 0.15) is 17.5 Å². The van der Waals surface area contributed by atoms with Crippen LogP contribution in [0.15, 0.2) is 57.9 Å². The molecule has 0 spiro atoms. The lowest BCUT2D eigenvalue weighted by Gasteiger charge is -2.37. The van der Waals surface area contributed by atoms with Crippen LogP contribution in [-0.4, -0.2) is 49.5 Å². The molecule has 1 amide bonds. The Labute approximate surface area is 217 Å². The Morgan fingerprint density at radius 1 is 1.03 bits per heavy atom. The Morgan fingerprint density at radius 3 is 2.46 bits per heavy atom. The molecule has 0 aliphatic carbocycles. The molecule has 2 aromatic carbocycles. The van der Waals surface area contributed by atoms with E-state index in [0.29, 0.717) is 30.8 Å². The van der Waals surface area contributed by atoms with E-state index in [2.05, 4.69) is 5.16 Å². The van der Waals surface area contributed by atoms with Gasteiger partial charge in [0, 0.05) is 19.0 Å². The van der Waals surface area contributed by atoms with Crippen molar-refractivity contribution in [2.75, 3.05) is 24.5 Å². The van der Waals surface area contributed by atoms with E-state index in [1.165, 1.54) is 4.31 Å². The second-order valence-electron chi connectivity index (χ2n) is 9.73. The van der Waals surface area contributed by atoms with E-state index in [-0.39, 0.29) is 41.7 Å². The van der Waals surface area contributed by atoms with Crippen molar-refractivity contribution in [2.45, 2.75) is 44.6 Å². The van der Waals surface area contributed by atoms with E-state index in [9.17, 15) is 13.2 Å². The molecule has 1 aromatic heterocycles. The quantitative estimate of drug-likeness (QED) is 0.484. The van der Waals surface area contributed by atoms with Crippen LogP contribution in [0.3, 0.4) is 0 Å². The molecule has 0 unspecified atom stereocenters. The van der Waals surface area contributed by atoms with Crippen molar-refractivity contribution >= 4 is 33.8 Å². The standard InChI is InChI=1S/C28H31N3O5S/c1-19-8-10-22(11-9-19)12-13-26-27(21(3)29-36-26)37(33,34)30-16-14-23(15-17-30)28(32)31-18-20(2)35-25-7-5-4-6-24(25)31/h4-13,20,23H,14-18H2,1-3H3/b13-12+/t20-/m0/s1. The number of hydrogen-bond donors (Lipinski definition) is 0. The van der Waals surface area contributed by atoms with Crippen molar-refractivity contribution in [3.63, 3.8) is 0 Å². The molecule has 0 saturated carbocycles. The lowest BCUT2D eigenvalue weighted by Crippen LogP contribution is -2.48. The third-order valence-corrected chi connectivity index (χ3v) is 8.99. The Kier molecular flexibility index (Phi) is 6.92. The molecule has 3 aromatic rings. The van der Waals surface area contributed by atoms with Crippen LogP contribution in [-0.2, 0) is 14.8 Å². The average Bonchev–Trinajstić information content (AvgIpc) is 3.28. The summed E-state index contributed by atoms with van der Waals surface area (Å²) in [4.78, 5) is 15.3. The molecule has 9 heteroatoms. The number of amides is 1. The van der Waals surface area contributed by atoms with Gasteiger partial charge in [-0.3, -0.25) is 4.79 Å². The molecule has 1 atom stereocenters. The van der Waals surface area contributed by atoms with E-state index in [0.717, 1.165) is 16.8 Å². The largest absolute Gasteiger partial charge is 0.487 e. The first-order valence-corrected chi connectivity index (χ1v) is 14.0. The van der Waals surface area contributed by atoms with Crippen LogP contribution in [0.25, 0.3) is 12.2 Å². The fraction of sp³-hybridized carbons (Fsp3) is 0.357. The predicted molar refractivity (Wildman–Crippen MR) is 142 cm³/mol. The first kappa shape index (κ1) is 25.2. The van der Waals surface area contributed by atoms with Crippen LogP contribution >= 0.6 is 0 Å². The van der Waals surface area contributed by atoms with Crippen molar-refractivity contribution in [3.8, 4) is 5.75 Å². The number of benzene rings is 2. The highest BCUT2D eigenvalue weighted by Crippen LogP contribution is 2.36. The van der Waals surface area contributed by atoms with Crippen LogP contribution < -0.4 is 9.64 Å². The Morgan fingerprint density at radius 2 is 1.73 bits per heavy atom. The maximum atomic E-state index is 13.6. The van der Waals surface area contributed by atoms with Gasteiger partial charge < -0.3 is 14.2 Å². The first-order chi connectivity index (χ1) is 17.7.